The van der Waals surface area contributed by atoms with Gasteiger partial charge in [-0.1, -0.05) is 12.1 Å². The molecule has 17 heavy (non-hydrogen) atoms. The summed E-state index contributed by atoms with van der Waals surface area (Å²) in [5, 5.41) is 7.82. The highest BCUT2D eigenvalue weighted by atomic mass is 79.9. The molecule has 0 aliphatic heterocycles. The van der Waals surface area contributed by atoms with Crippen molar-refractivity contribution < 1.29 is 0 Å². The number of rotatable bonds is 4. The highest BCUT2D eigenvalue weighted by Gasteiger charge is 2.01. The molecule has 1 heterocycles. The second kappa shape index (κ2) is 5.36. The summed E-state index contributed by atoms with van der Waals surface area (Å²) in [6.07, 6.45) is 0. The van der Waals surface area contributed by atoms with E-state index in [-0.39, 0.29) is 0 Å². The minimum absolute atomic E-state index is 0.866. The molecular weight excluding hydrogens is 278 g/mol. The molecule has 3 nitrogen and oxygen atoms in total. The van der Waals surface area contributed by atoms with Gasteiger partial charge < -0.3 is 5.32 Å². The van der Waals surface area contributed by atoms with E-state index in [1.807, 2.05) is 29.8 Å². The van der Waals surface area contributed by atoms with Crippen LogP contribution in [0.3, 0.4) is 0 Å². The Morgan fingerprint density at radius 3 is 2.71 bits per heavy atom. The van der Waals surface area contributed by atoms with E-state index in [1.54, 1.807) is 0 Å². The third-order valence-electron chi connectivity index (χ3n) is 2.62. The van der Waals surface area contributed by atoms with Crippen LogP contribution in [-0.4, -0.2) is 16.3 Å². The molecule has 2 rings (SSSR count). The number of nitrogens with zero attached hydrogens (tertiary/aromatic N) is 2. The van der Waals surface area contributed by atoms with E-state index in [9.17, 15) is 0 Å². The van der Waals surface area contributed by atoms with Crippen molar-refractivity contribution in [2.45, 2.75) is 20.4 Å². The number of aromatic nitrogens is 2. The van der Waals surface area contributed by atoms with Crippen LogP contribution in [0.2, 0.25) is 0 Å². The molecule has 0 fully saturated rings. The fourth-order valence-corrected chi connectivity index (χ4v) is 2.23. The van der Waals surface area contributed by atoms with Crippen molar-refractivity contribution in [1.82, 2.24) is 9.78 Å². The molecule has 0 aliphatic carbocycles. The van der Waals surface area contributed by atoms with E-state index in [4.69, 9.17) is 0 Å². The molecular formula is C13H16BrN3. The molecule has 0 bridgehead atoms. The van der Waals surface area contributed by atoms with Crippen LogP contribution in [0.1, 0.15) is 11.4 Å². The van der Waals surface area contributed by atoms with Crippen LogP contribution >= 0.6 is 15.9 Å². The van der Waals surface area contributed by atoms with Gasteiger partial charge in [-0.2, -0.15) is 5.10 Å². The SMILES string of the molecule is Cc1cc(C)n(CCNc2ccccc2Br)n1. The van der Waals surface area contributed by atoms with Crippen molar-refractivity contribution in [1.29, 1.82) is 0 Å². The van der Waals surface area contributed by atoms with Crippen molar-refractivity contribution in [3.8, 4) is 0 Å². The second-order valence-corrected chi connectivity index (χ2v) is 4.91. The van der Waals surface area contributed by atoms with Crippen molar-refractivity contribution in [2.75, 3.05) is 11.9 Å². The zero-order chi connectivity index (χ0) is 12.3. The Labute approximate surface area is 110 Å². The summed E-state index contributed by atoms with van der Waals surface area (Å²) in [5.41, 5.74) is 3.40. The monoisotopic (exact) mass is 293 g/mol. The van der Waals surface area contributed by atoms with Gasteiger partial charge in [0.05, 0.1) is 12.2 Å². The fourth-order valence-electron chi connectivity index (χ4n) is 1.80. The van der Waals surface area contributed by atoms with Crippen LogP contribution in [0, 0.1) is 13.8 Å². The summed E-state index contributed by atoms with van der Waals surface area (Å²) in [5.74, 6) is 0. The number of benzene rings is 1. The van der Waals surface area contributed by atoms with Crippen molar-refractivity contribution in [3.05, 3.63) is 46.2 Å². The van der Waals surface area contributed by atoms with E-state index < -0.39 is 0 Å². The number of nitrogens with one attached hydrogen (secondary N) is 1. The highest BCUT2D eigenvalue weighted by molar-refractivity contribution is 9.10. The summed E-state index contributed by atoms with van der Waals surface area (Å²) in [6.45, 7) is 5.84. The van der Waals surface area contributed by atoms with Crippen LogP contribution in [0.15, 0.2) is 34.8 Å². The second-order valence-electron chi connectivity index (χ2n) is 4.06. The fraction of sp³-hybridized carbons (Fsp3) is 0.308. The van der Waals surface area contributed by atoms with Gasteiger partial charge in [0.25, 0.3) is 0 Å². The summed E-state index contributed by atoms with van der Waals surface area (Å²) in [6, 6.07) is 10.2. The van der Waals surface area contributed by atoms with Crippen molar-refractivity contribution >= 4 is 21.6 Å². The van der Waals surface area contributed by atoms with Gasteiger partial charge in [-0.25, -0.2) is 0 Å². The molecule has 1 aromatic carbocycles. The molecule has 0 atom stereocenters. The molecule has 0 spiro atoms. The van der Waals surface area contributed by atoms with Gasteiger partial charge in [0, 0.05) is 22.4 Å². The van der Waals surface area contributed by atoms with Gasteiger partial charge in [-0.3, -0.25) is 4.68 Å². The normalized spacial score (nSPS) is 10.5. The Morgan fingerprint density at radius 2 is 2.06 bits per heavy atom. The molecule has 1 N–H and O–H groups in total. The summed E-state index contributed by atoms with van der Waals surface area (Å²) >= 11 is 3.52. The van der Waals surface area contributed by atoms with Crippen LogP contribution in [0.5, 0.6) is 0 Å². The summed E-state index contributed by atoms with van der Waals surface area (Å²) < 4.78 is 3.12. The molecule has 4 heteroatoms. The highest BCUT2D eigenvalue weighted by Crippen LogP contribution is 2.20. The zero-order valence-electron chi connectivity index (χ0n) is 10.1. The van der Waals surface area contributed by atoms with E-state index >= 15 is 0 Å². The molecule has 2 aromatic rings. The lowest BCUT2D eigenvalue weighted by atomic mass is 10.3. The molecule has 0 saturated heterocycles. The Morgan fingerprint density at radius 1 is 1.29 bits per heavy atom. The van der Waals surface area contributed by atoms with Crippen LogP contribution in [0.4, 0.5) is 5.69 Å². The van der Waals surface area contributed by atoms with Gasteiger partial charge in [0.1, 0.15) is 0 Å². The maximum Gasteiger partial charge on any atom is 0.0596 e. The Hall–Kier alpha value is -1.29. The number of para-hydroxylation sites is 1. The summed E-state index contributed by atoms with van der Waals surface area (Å²) in [7, 11) is 0. The standard InChI is InChI=1S/C13H16BrN3/c1-10-9-11(2)17(16-10)8-7-15-13-6-4-3-5-12(13)14/h3-6,9,15H,7-8H2,1-2H3. The van der Waals surface area contributed by atoms with Gasteiger partial charge in [-0.05, 0) is 48.0 Å². The van der Waals surface area contributed by atoms with E-state index in [1.165, 1.54) is 5.69 Å². The largest absolute Gasteiger partial charge is 0.382 e. The Kier molecular flexibility index (Phi) is 3.84. The van der Waals surface area contributed by atoms with Crippen LogP contribution < -0.4 is 5.32 Å². The minimum Gasteiger partial charge on any atom is -0.382 e. The van der Waals surface area contributed by atoms with Crippen LogP contribution in [-0.2, 0) is 6.54 Å². The Balaban J connectivity index is 1.92. The van der Waals surface area contributed by atoms with Gasteiger partial charge in [0.15, 0.2) is 0 Å². The maximum absolute atomic E-state index is 4.43. The van der Waals surface area contributed by atoms with E-state index in [0.29, 0.717) is 0 Å². The quantitative estimate of drug-likeness (QED) is 0.937. The number of hydrogen-bond acceptors (Lipinski definition) is 2. The predicted molar refractivity (Wildman–Crippen MR) is 74.3 cm³/mol. The molecule has 0 radical (unpaired) electrons. The van der Waals surface area contributed by atoms with Gasteiger partial charge >= 0.3 is 0 Å². The van der Waals surface area contributed by atoms with Gasteiger partial charge in [0.2, 0.25) is 0 Å². The maximum atomic E-state index is 4.43. The average Bonchev–Trinajstić information content (AvgIpc) is 2.60. The van der Waals surface area contributed by atoms with Gasteiger partial charge in [-0.15, -0.1) is 0 Å². The van der Waals surface area contributed by atoms with Crippen molar-refractivity contribution in [2.24, 2.45) is 0 Å². The van der Waals surface area contributed by atoms with Crippen molar-refractivity contribution in [3.63, 3.8) is 0 Å². The molecule has 0 unspecified atom stereocenters. The molecule has 0 saturated carbocycles. The lowest BCUT2D eigenvalue weighted by molar-refractivity contribution is 0.615. The van der Waals surface area contributed by atoms with E-state index in [2.05, 4.69) is 45.4 Å². The number of halogens is 1. The zero-order valence-corrected chi connectivity index (χ0v) is 11.7. The first-order valence-electron chi connectivity index (χ1n) is 5.66. The molecule has 0 aliphatic rings. The lowest BCUT2D eigenvalue weighted by Gasteiger charge is -2.09. The topological polar surface area (TPSA) is 29.9 Å². The number of hydrogen-bond donors (Lipinski definition) is 1. The minimum atomic E-state index is 0.866. The third kappa shape index (κ3) is 3.09. The Bertz CT molecular complexity index is 505. The van der Waals surface area contributed by atoms with E-state index in [0.717, 1.165) is 28.9 Å². The number of anilines is 1. The molecule has 90 valence electrons. The van der Waals surface area contributed by atoms with Crippen LogP contribution in [0.25, 0.3) is 0 Å². The molecule has 0 amide bonds. The third-order valence-corrected chi connectivity index (χ3v) is 3.31. The average molecular weight is 294 g/mol. The smallest absolute Gasteiger partial charge is 0.0596 e. The summed E-state index contributed by atoms with van der Waals surface area (Å²) in [4.78, 5) is 0. The first kappa shape index (κ1) is 12.2. The predicted octanol–water partition coefficient (Wildman–Crippen LogP) is 3.37. The first-order valence-corrected chi connectivity index (χ1v) is 6.45. The first-order chi connectivity index (χ1) is 8.16. The number of aryl methyl sites for hydroxylation is 2. The lowest BCUT2D eigenvalue weighted by Crippen LogP contribution is -2.13. The molecule has 1 aromatic heterocycles.